The van der Waals surface area contributed by atoms with Crippen LogP contribution in [0.2, 0.25) is 0 Å². The Bertz CT molecular complexity index is 1350. The molecule has 2 aromatic rings. The van der Waals surface area contributed by atoms with Gasteiger partial charge in [-0.1, -0.05) is 6.92 Å². The lowest BCUT2D eigenvalue weighted by Gasteiger charge is -2.36. The first kappa shape index (κ1) is 29.8. The van der Waals surface area contributed by atoms with Crippen LogP contribution in [0.5, 0.6) is 11.5 Å². The van der Waals surface area contributed by atoms with Crippen molar-refractivity contribution in [1.82, 2.24) is 0 Å². The van der Waals surface area contributed by atoms with E-state index in [4.69, 9.17) is 14.6 Å². The molecular formula is C24H26F4N2O8S. The summed E-state index contributed by atoms with van der Waals surface area (Å²) >= 11 is 0. The molecule has 15 heteroatoms. The summed E-state index contributed by atoms with van der Waals surface area (Å²) in [7, 11) is -3.27. The third kappa shape index (κ3) is 6.46. The molecule has 0 aliphatic carbocycles. The van der Waals surface area contributed by atoms with Crippen molar-refractivity contribution in [1.29, 1.82) is 0 Å². The van der Waals surface area contributed by atoms with Crippen LogP contribution in [0.15, 0.2) is 41.3 Å². The van der Waals surface area contributed by atoms with E-state index in [1.807, 2.05) is 0 Å². The Morgan fingerprint density at radius 1 is 1.21 bits per heavy atom. The summed E-state index contributed by atoms with van der Waals surface area (Å²) < 4.78 is 97.3. The van der Waals surface area contributed by atoms with E-state index in [2.05, 4.69) is 10.1 Å². The topological polar surface area (TPSA) is 131 Å². The number of nitrogens with zero attached hydrogens (tertiary/aromatic N) is 1. The van der Waals surface area contributed by atoms with E-state index < -0.39 is 52.2 Å². The molecule has 0 aromatic heterocycles. The minimum absolute atomic E-state index is 0.00176. The number of rotatable bonds is 9. The summed E-state index contributed by atoms with van der Waals surface area (Å²) in [5.74, 6) is -2.27. The van der Waals surface area contributed by atoms with Crippen LogP contribution in [0.25, 0.3) is 0 Å². The maximum Gasteiger partial charge on any atom is 0.428 e. The molecule has 1 amide bonds. The number of carboxylic acid groups (broad SMARTS) is 1. The molecule has 10 nitrogen and oxygen atoms in total. The molecule has 0 bridgehead atoms. The first-order valence-electron chi connectivity index (χ1n) is 11.6. The Morgan fingerprint density at radius 3 is 2.49 bits per heavy atom. The van der Waals surface area contributed by atoms with Crippen molar-refractivity contribution < 1.29 is 54.9 Å². The van der Waals surface area contributed by atoms with Crippen LogP contribution in [0.3, 0.4) is 0 Å². The number of hydrogen-bond donors (Lipinski definition) is 2. The molecule has 0 spiro atoms. The SMILES string of the molecule is CCC(C)(OC(=O)Nc1ccc2c(c1)N(S(=O)(=O)c1ccc(F)c(OC)c1)C[C@H](CCC(=O)O)O2)C(F)(F)F. The molecule has 2 aromatic carbocycles. The molecule has 1 aliphatic rings. The number of carbonyl (C=O) groups excluding carboxylic acids is 1. The van der Waals surface area contributed by atoms with Gasteiger partial charge in [0.2, 0.25) is 5.60 Å². The van der Waals surface area contributed by atoms with Gasteiger partial charge < -0.3 is 19.3 Å². The van der Waals surface area contributed by atoms with Crippen molar-refractivity contribution in [3.63, 3.8) is 0 Å². The van der Waals surface area contributed by atoms with Gasteiger partial charge in [-0.05, 0) is 50.1 Å². The second-order valence-corrected chi connectivity index (χ2v) is 10.6. The first-order valence-corrected chi connectivity index (χ1v) is 13.0. The number of sulfonamides is 1. The maximum absolute atomic E-state index is 13.9. The fourth-order valence-corrected chi connectivity index (χ4v) is 5.17. The zero-order chi connectivity index (χ0) is 29.2. The summed E-state index contributed by atoms with van der Waals surface area (Å²) in [4.78, 5) is 23.0. The normalized spacial score (nSPS) is 16.9. The van der Waals surface area contributed by atoms with Crippen LogP contribution in [-0.2, 0) is 19.6 Å². The van der Waals surface area contributed by atoms with E-state index in [1.165, 1.54) is 19.1 Å². The number of ether oxygens (including phenoxy) is 3. The minimum Gasteiger partial charge on any atom is -0.494 e. The number of methoxy groups -OCH3 is 1. The Hall–Kier alpha value is -3.75. The van der Waals surface area contributed by atoms with E-state index in [9.17, 15) is 35.6 Å². The van der Waals surface area contributed by atoms with Crippen molar-refractivity contribution in [3.8, 4) is 11.5 Å². The Kier molecular flexibility index (Phi) is 8.53. The third-order valence-electron chi connectivity index (χ3n) is 6.12. The highest BCUT2D eigenvalue weighted by Crippen LogP contribution is 2.41. The number of nitrogens with one attached hydrogen (secondary N) is 1. The van der Waals surface area contributed by atoms with Crippen molar-refractivity contribution in [2.45, 2.75) is 55.9 Å². The minimum atomic E-state index is -4.84. The van der Waals surface area contributed by atoms with Crippen LogP contribution >= 0.6 is 0 Å². The predicted octanol–water partition coefficient (Wildman–Crippen LogP) is 4.93. The standard InChI is InChI=1S/C24H26F4N2O8S/c1-4-23(2,24(26,27)28)38-22(33)29-14-5-9-19-18(11-14)30(13-15(37-19)6-10-21(31)32)39(34,35)16-7-8-17(25)20(12-16)36-3/h5,7-9,11-12,15H,4,6,10,13H2,1-3H3,(H,29,33)(H,31,32)/t15-,23?/m0/s1. The number of anilines is 2. The largest absolute Gasteiger partial charge is 0.494 e. The second kappa shape index (κ2) is 11.2. The molecule has 2 atom stereocenters. The molecular weight excluding hydrogens is 552 g/mol. The van der Waals surface area contributed by atoms with Crippen molar-refractivity contribution >= 4 is 33.5 Å². The van der Waals surface area contributed by atoms with Crippen LogP contribution in [-0.4, -0.2) is 57.1 Å². The molecule has 0 fully saturated rings. The number of fused-ring (bicyclic) bond motifs is 1. The van der Waals surface area contributed by atoms with E-state index in [-0.39, 0.29) is 47.2 Å². The van der Waals surface area contributed by atoms with Gasteiger partial charge in [0.25, 0.3) is 10.0 Å². The highest BCUT2D eigenvalue weighted by atomic mass is 32.2. The molecule has 0 radical (unpaired) electrons. The fourth-order valence-electron chi connectivity index (χ4n) is 3.66. The molecule has 1 unspecified atom stereocenters. The van der Waals surface area contributed by atoms with Crippen LogP contribution in [0, 0.1) is 5.82 Å². The maximum atomic E-state index is 13.9. The van der Waals surface area contributed by atoms with Crippen molar-refractivity contribution in [3.05, 3.63) is 42.2 Å². The number of amides is 1. The Balaban J connectivity index is 1.99. The fraction of sp³-hybridized carbons (Fsp3) is 0.417. The average molecular weight is 579 g/mol. The van der Waals surface area contributed by atoms with Gasteiger partial charge in [-0.3, -0.25) is 14.4 Å². The Labute approximate surface area is 221 Å². The second-order valence-electron chi connectivity index (χ2n) is 8.78. The summed E-state index contributed by atoms with van der Waals surface area (Å²) in [5.41, 5.74) is -2.97. The molecule has 1 aliphatic heterocycles. The van der Waals surface area contributed by atoms with Crippen molar-refractivity contribution in [2.24, 2.45) is 0 Å². The van der Waals surface area contributed by atoms with Gasteiger partial charge in [-0.15, -0.1) is 0 Å². The summed E-state index contributed by atoms with van der Waals surface area (Å²) in [5, 5.41) is 11.2. The number of aliphatic carboxylic acids is 1. The van der Waals surface area contributed by atoms with Gasteiger partial charge in [-0.25, -0.2) is 17.6 Å². The van der Waals surface area contributed by atoms with Gasteiger partial charge in [0.15, 0.2) is 11.6 Å². The van der Waals surface area contributed by atoms with Gasteiger partial charge in [0, 0.05) is 18.2 Å². The monoisotopic (exact) mass is 578 g/mol. The lowest BCUT2D eigenvalue weighted by Crippen LogP contribution is -2.46. The zero-order valence-corrected chi connectivity index (χ0v) is 21.9. The molecule has 214 valence electrons. The highest BCUT2D eigenvalue weighted by Gasteiger charge is 2.53. The van der Waals surface area contributed by atoms with Crippen LogP contribution in [0.1, 0.15) is 33.1 Å². The third-order valence-corrected chi connectivity index (χ3v) is 7.90. The van der Waals surface area contributed by atoms with Gasteiger partial charge in [-0.2, -0.15) is 13.2 Å². The number of benzene rings is 2. The quantitative estimate of drug-likeness (QED) is 0.401. The molecule has 3 rings (SSSR count). The van der Waals surface area contributed by atoms with E-state index in [0.717, 1.165) is 42.6 Å². The molecule has 39 heavy (non-hydrogen) atoms. The van der Waals surface area contributed by atoms with Crippen LogP contribution in [0.4, 0.5) is 33.7 Å². The number of alkyl halides is 3. The summed E-state index contributed by atoms with van der Waals surface area (Å²) in [6.07, 6.45) is -8.06. The zero-order valence-electron chi connectivity index (χ0n) is 21.0. The van der Waals surface area contributed by atoms with E-state index in [1.54, 1.807) is 0 Å². The molecule has 2 N–H and O–H groups in total. The smallest absolute Gasteiger partial charge is 0.428 e. The van der Waals surface area contributed by atoms with Crippen LogP contribution < -0.4 is 19.1 Å². The predicted molar refractivity (Wildman–Crippen MR) is 130 cm³/mol. The van der Waals surface area contributed by atoms with Gasteiger partial charge in [0.05, 0.1) is 24.2 Å². The number of carbonyl (C=O) groups is 2. The Morgan fingerprint density at radius 2 is 1.90 bits per heavy atom. The summed E-state index contributed by atoms with van der Waals surface area (Å²) in [6, 6.07) is 6.55. The van der Waals surface area contributed by atoms with Gasteiger partial charge >= 0.3 is 18.2 Å². The lowest BCUT2D eigenvalue weighted by molar-refractivity contribution is -0.250. The number of hydrogen-bond acceptors (Lipinski definition) is 7. The molecule has 0 saturated carbocycles. The lowest BCUT2D eigenvalue weighted by atomic mass is 10.0. The average Bonchev–Trinajstić information content (AvgIpc) is 2.86. The van der Waals surface area contributed by atoms with Crippen molar-refractivity contribution in [2.75, 3.05) is 23.3 Å². The van der Waals surface area contributed by atoms with Gasteiger partial charge in [0.1, 0.15) is 11.9 Å². The number of carboxylic acids is 1. The van der Waals surface area contributed by atoms with E-state index in [0.29, 0.717) is 0 Å². The van der Waals surface area contributed by atoms with E-state index >= 15 is 0 Å². The number of halogens is 4. The summed E-state index contributed by atoms with van der Waals surface area (Å²) in [6.45, 7) is 1.57. The molecule has 0 saturated heterocycles. The first-order chi connectivity index (χ1) is 18.1. The highest BCUT2D eigenvalue weighted by molar-refractivity contribution is 7.92. The molecule has 1 heterocycles.